The molecule has 0 spiro atoms. The second-order valence-electron chi connectivity index (χ2n) is 3.43. The Balaban J connectivity index is 2.21. The maximum atomic E-state index is 10.6. The van der Waals surface area contributed by atoms with E-state index in [-0.39, 0.29) is 0 Å². The number of aromatic nitrogens is 2. The van der Waals surface area contributed by atoms with Gasteiger partial charge in [-0.25, -0.2) is 4.98 Å². The summed E-state index contributed by atoms with van der Waals surface area (Å²) in [7, 11) is 0. The first kappa shape index (κ1) is 9.30. The Bertz CT molecular complexity index is 654. The Morgan fingerprint density at radius 1 is 1.31 bits per heavy atom. The molecule has 3 nitrogen and oxygen atoms in total. The van der Waals surface area contributed by atoms with Crippen LogP contribution >= 0.6 is 11.3 Å². The Hall–Kier alpha value is -1.94. The van der Waals surface area contributed by atoms with Crippen LogP contribution < -0.4 is 0 Å². The minimum atomic E-state index is 0.729. The number of para-hydroxylation sites is 2. The Labute approximate surface area is 96.0 Å². The molecule has 2 aromatic heterocycles. The van der Waals surface area contributed by atoms with Gasteiger partial charge >= 0.3 is 0 Å². The summed E-state index contributed by atoms with van der Waals surface area (Å²) in [6.07, 6.45) is 2.65. The monoisotopic (exact) mass is 228 g/mol. The van der Waals surface area contributed by atoms with E-state index in [0.717, 1.165) is 27.9 Å². The van der Waals surface area contributed by atoms with Crippen LogP contribution in [0.1, 0.15) is 9.67 Å². The minimum Gasteiger partial charge on any atom is -0.298 e. The van der Waals surface area contributed by atoms with Crippen molar-refractivity contribution in [3.05, 3.63) is 46.9 Å². The minimum absolute atomic E-state index is 0.729. The number of nitrogens with zero attached hydrogens (tertiary/aromatic N) is 2. The normalized spacial score (nSPS) is 10.8. The third-order valence-corrected chi connectivity index (χ3v) is 3.30. The van der Waals surface area contributed by atoms with Gasteiger partial charge in [-0.1, -0.05) is 12.1 Å². The molecule has 0 saturated carbocycles. The first-order valence-corrected chi connectivity index (χ1v) is 5.72. The second kappa shape index (κ2) is 3.57. The van der Waals surface area contributed by atoms with Crippen molar-refractivity contribution in [3.63, 3.8) is 0 Å². The van der Waals surface area contributed by atoms with Crippen molar-refractivity contribution in [1.29, 1.82) is 0 Å². The number of carbonyl (C=O) groups excluding carboxylic acids is 1. The lowest BCUT2D eigenvalue weighted by Crippen LogP contribution is -1.88. The summed E-state index contributed by atoms with van der Waals surface area (Å²) in [5.74, 6) is 0. The molecular weight excluding hydrogens is 220 g/mol. The van der Waals surface area contributed by atoms with Crippen molar-refractivity contribution in [3.8, 4) is 5.69 Å². The molecule has 0 aliphatic carbocycles. The summed E-state index contributed by atoms with van der Waals surface area (Å²) >= 11 is 1.44. The molecule has 0 radical (unpaired) electrons. The predicted octanol–water partition coefficient (Wildman–Crippen LogP) is 2.90. The number of carbonyl (C=O) groups is 1. The molecule has 3 rings (SSSR count). The molecule has 3 aromatic rings. The van der Waals surface area contributed by atoms with E-state index in [2.05, 4.69) is 4.98 Å². The average Bonchev–Trinajstić information content (AvgIpc) is 2.94. The molecule has 78 valence electrons. The lowest BCUT2D eigenvalue weighted by atomic mass is 10.3. The van der Waals surface area contributed by atoms with Gasteiger partial charge in [0.1, 0.15) is 6.33 Å². The zero-order valence-corrected chi connectivity index (χ0v) is 9.15. The molecule has 0 unspecified atom stereocenters. The molecule has 0 saturated heterocycles. The van der Waals surface area contributed by atoms with Crippen molar-refractivity contribution in [2.24, 2.45) is 0 Å². The Morgan fingerprint density at radius 3 is 3.00 bits per heavy atom. The quantitative estimate of drug-likeness (QED) is 0.632. The van der Waals surface area contributed by atoms with Gasteiger partial charge in [0.15, 0.2) is 6.29 Å². The number of hydrogen-bond acceptors (Lipinski definition) is 3. The van der Waals surface area contributed by atoms with Crippen molar-refractivity contribution in [1.82, 2.24) is 9.55 Å². The summed E-state index contributed by atoms with van der Waals surface area (Å²) in [6.45, 7) is 0. The van der Waals surface area contributed by atoms with Gasteiger partial charge in [-0.15, -0.1) is 11.3 Å². The lowest BCUT2D eigenvalue weighted by Gasteiger charge is -1.98. The van der Waals surface area contributed by atoms with Gasteiger partial charge in [-0.3, -0.25) is 9.36 Å². The topological polar surface area (TPSA) is 34.9 Å². The fraction of sp³-hybridized carbons (Fsp3) is 0. The first-order valence-electron chi connectivity index (χ1n) is 4.84. The van der Waals surface area contributed by atoms with Gasteiger partial charge in [0.25, 0.3) is 0 Å². The fourth-order valence-electron chi connectivity index (χ4n) is 1.70. The predicted molar refractivity (Wildman–Crippen MR) is 64.3 cm³/mol. The fourth-order valence-corrected chi connectivity index (χ4v) is 2.38. The van der Waals surface area contributed by atoms with E-state index in [1.807, 2.05) is 40.3 Å². The molecule has 0 aliphatic heterocycles. The van der Waals surface area contributed by atoms with E-state index in [1.165, 1.54) is 11.3 Å². The van der Waals surface area contributed by atoms with Crippen LogP contribution in [0.3, 0.4) is 0 Å². The van der Waals surface area contributed by atoms with Crippen LogP contribution in [0.2, 0.25) is 0 Å². The first-order chi connectivity index (χ1) is 7.88. The standard InChI is InChI=1S/C12H8N2OS/c15-6-10-5-9(7-16-10)14-8-13-11-3-1-2-4-12(11)14/h1-8H. The third-order valence-electron chi connectivity index (χ3n) is 2.45. The largest absolute Gasteiger partial charge is 0.298 e. The highest BCUT2D eigenvalue weighted by Crippen LogP contribution is 2.21. The lowest BCUT2D eigenvalue weighted by molar-refractivity contribution is 0.112. The van der Waals surface area contributed by atoms with E-state index in [1.54, 1.807) is 6.33 Å². The molecule has 16 heavy (non-hydrogen) atoms. The molecule has 0 aliphatic rings. The maximum absolute atomic E-state index is 10.6. The van der Waals surface area contributed by atoms with Gasteiger partial charge in [0, 0.05) is 5.38 Å². The summed E-state index contributed by atoms with van der Waals surface area (Å²) < 4.78 is 1.98. The van der Waals surface area contributed by atoms with Gasteiger partial charge < -0.3 is 0 Å². The van der Waals surface area contributed by atoms with Gasteiger partial charge in [-0.05, 0) is 18.2 Å². The average molecular weight is 228 g/mol. The molecule has 0 bridgehead atoms. The highest BCUT2D eigenvalue weighted by atomic mass is 32.1. The molecule has 0 atom stereocenters. The number of imidazole rings is 1. The molecule has 0 amide bonds. The van der Waals surface area contributed by atoms with Gasteiger partial charge in [-0.2, -0.15) is 0 Å². The zero-order chi connectivity index (χ0) is 11.0. The number of benzene rings is 1. The van der Waals surface area contributed by atoms with E-state index in [9.17, 15) is 4.79 Å². The highest BCUT2D eigenvalue weighted by Gasteiger charge is 2.05. The van der Waals surface area contributed by atoms with Crippen molar-refractivity contribution in [2.45, 2.75) is 0 Å². The van der Waals surface area contributed by atoms with Crippen LogP contribution in [-0.2, 0) is 0 Å². The van der Waals surface area contributed by atoms with Crippen molar-refractivity contribution < 1.29 is 4.79 Å². The Kier molecular flexibility index (Phi) is 2.08. The highest BCUT2D eigenvalue weighted by molar-refractivity contribution is 7.12. The summed E-state index contributed by atoms with van der Waals surface area (Å²) in [6, 6.07) is 9.79. The van der Waals surface area contributed by atoms with Crippen LogP contribution in [0.15, 0.2) is 42.0 Å². The van der Waals surface area contributed by atoms with E-state index >= 15 is 0 Å². The molecule has 0 N–H and O–H groups in total. The van der Waals surface area contributed by atoms with Crippen LogP contribution in [0.5, 0.6) is 0 Å². The van der Waals surface area contributed by atoms with Crippen LogP contribution in [0.25, 0.3) is 16.7 Å². The molecular formula is C12H8N2OS. The van der Waals surface area contributed by atoms with E-state index in [4.69, 9.17) is 0 Å². The summed E-state index contributed by atoms with van der Waals surface area (Å²) in [4.78, 5) is 15.7. The number of hydrogen-bond donors (Lipinski definition) is 0. The second-order valence-corrected chi connectivity index (χ2v) is 4.37. The SMILES string of the molecule is O=Cc1cc(-n2cnc3ccccc32)cs1. The van der Waals surface area contributed by atoms with Crippen molar-refractivity contribution >= 4 is 28.7 Å². The van der Waals surface area contributed by atoms with E-state index in [0.29, 0.717) is 0 Å². The molecule has 4 heteroatoms. The van der Waals surface area contributed by atoms with Crippen molar-refractivity contribution in [2.75, 3.05) is 0 Å². The number of thiophene rings is 1. The van der Waals surface area contributed by atoms with Gasteiger partial charge in [0.05, 0.1) is 21.6 Å². The van der Waals surface area contributed by atoms with Crippen LogP contribution in [0, 0.1) is 0 Å². The number of rotatable bonds is 2. The van der Waals surface area contributed by atoms with E-state index < -0.39 is 0 Å². The van der Waals surface area contributed by atoms with Crippen LogP contribution in [0.4, 0.5) is 0 Å². The zero-order valence-electron chi connectivity index (χ0n) is 8.33. The molecule has 2 heterocycles. The molecule has 1 aromatic carbocycles. The Morgan fingerprint density at radius 2 is 2.19 bits per heavy atom. The summed E-state index contributed by atoms with van der Waals surface area (Å²) in [5, 5.41) is 1.96. The summed E-state index contributed by atoms with van der Waals surface area (Å²) in [5.41, 5.74) is 3.00. The number of aldehydes is 1. The number of fused-ring (bicyclic) bond motifs is 1. The third kappa shape index (κ3) is 1.35. The van der Waals surface area contributed by atoms with Crippen LogP contribution in [-0.4, -0.2) is 15.8 Å². The molecule has 0 fully saturated rings. The smallest absolute Gasteiger partial charge is 0.160 e. The van der Waals surface area contributed by atoms with Gasteiger partial charge in [0.2, 0.25) is 0 Å². The maximum Gasteiger partial charge on any atom is 0.160 e.